The summed E-state index contributed by atoms with van der Waals surface area (Å²) in [5.41, 5.74) is 1.60. The van der Waals surface area contributed by atoms with Gasteiger partial charge in [-0.05, 0) is 30.2 Å². The number of nitrogens with one attached hydrogen (secondary N) is 1. The van der Waals surface area contributed by atoms with Gasteiger partial charge in [0.25, 0.3) is 0 Å². The fraction of sp³-hybridized carbons (Fsp3) is 0.364. The first-order chi connectivity index (χ1) is 14.5. The van der Waals surface area contributed by atoms with Crippen molar-refractivity contribution >= 4 is 17.7 Å². The number of hydrogen-bond acceptors (Lipinski definition) is 6. The zero-order valence-electron chi connectivity index (χ0n) is 17.0. The van der Waals surface area contributed by atoms with Crippen LogP contribution in [-0.2, 0) is 20.8 Å². The van der Waals surface area contributed by atoms with E-state index in [2.05, 4.69) is 10.1 Å². The first kappa shape index (κ1) is 21.6. The van der Waals surface area contributed by atoms with E-state index in [9.17, 15) is 14.0 Å². The molecule has 1 heterocycles. The number of carbonyl (C=O) groups is 2. The van der Waals surface area contributed by atoms with Gasteiger partial charge in [0.2, 0.25) is 0 Å². The molecule has 1 saturated heterocycles. The molecule has 2 aromatic carbocycles. The van der Waals surface area contributed by atoms with Crippen LogP contribution in [0.25, 0.3) is 0 Å². The van der Waals surface area contributed by atoms with Crippen LogP contribution in [0.2, 0.25) is 0 Å². The standard InChI is InChI=1S/C22H25FN2O5/c1-28-20-13-25(18-11-16(21(26)29-2)10-17(23)12-18)9-8-19(20)24-22(27)30-14-15-6-4-3-5-7-15/h3-7,10-12,19-20H,8-9,13-14H2,1-2H3,(H,24,27)/t19-,20+/m1/s1. The van der Waals surface area contributed by atoms with Crippen LogP contribution >= 0.6 is 0 Å². The van der Waals surface area contributed by atoms with Gasteiger partial charge in [0, 0.05) is 25.9 Å². The maximum atomic E-state index is 14.0. The summed E-state index contributed by atoms with van der Waals surface area (Å²) in [5.74, 6) is -1.12. The van der Waals surface area contributed by atoms with Gasteiger partial charge in [-0.25, -0.2) is 14.0 Å². The average Bonchev–Trinajstić information content (AvgIpc) is 2.77. The summed E-state index contributed by atoms with van der Waals surface area (Å²) in [6.45, 7) is 1.15. The molecule has 8 heteroatoms. The second-order valence-electron chi connectivity index (χ2n) is 7.01. The Hall–Kier alpha value is -3.13. The number of benzene rings is 2. The third-order valence-electron chi connectivity index (χ3n) is 5.05. The summed E-state index contributed by atoms with van der Waals surface area (Å²) in [6.07, 6.45) is -0.269. The molecule has 1 amide bonds. The van der Waals surface area contributed by atoms with E-state index in [0.717, 1.165) is 11.6 Å². The molecule has 0 aromatic heterocycles. The maximum absolute atomic E-state index is 14.0. The van der Waals surface area contributed by atoms with Crippen LogP contribution in [0, 0.1) is 5.82 Å². The van der Waals surface area contributed by atoms with Crippen LogP contribution in [0.3, 0.4) is 0 Å². The van der Waals surface area contributed by atoms with Crippen molar-refractivity contribution in [3.63, 3.8) is 0 Å². The van der Waals surface area contributed by atoms with Gasteiger partial charge in [-0.15, -0.1) is 0 Å². The Morgan fingerprint density at radius 3 is 2.63 bits per heavy atom. The summed E-state index contributed by atoms with van der Waals surface area (Å²) in [6, 6.07) is 13.3. The number of methoxy groups -OCH3 is 2. The van der Waals surface area contributed by atoms with E-state index in [0.29, 0.717) is 25.2 Å². The predicted octanol–water partition coefficient (Wildman–Crippen LogP) is 3.13. The van der Waals surface area contributed by atoms with E-state index in [1.807, 2.05) is 35.2 Å². The number of ether oxygens (including phenoxy) is 3. The number of rotatable bonds is 6. The van der Waals surface area contributed by atoms with E-state index in [4.69, 9.17) is 9.47 Å². The van der Waals surface area contributed by atoms with Crippen LogP contribution in [0.5, 0.6) is 0 Å². The minimum atomic E-state index is -0.600. The minimum Gasteiger partial charge on any atom is -0.465 e. The normalized spacial score (nSPS) is 18.6. The lowest BCUT2D eigenvalue weighted by molar-refractivity contribution is 0.0545. The molecule has 30 heavy (non-hydrogen) atoms. The number of amides is 1. The van der Waals surface area contributed by atoms with Crippen molar-refractivity contribution in [2.45, 2.75) is 25.2 Å². The molecular formula is C22H25FN2O5. The molecule has 3 rings (SSSR count). The monoisotopic (exact) mass is 416 g/mol. The Kier molecular flexibility index (Phi) is 7.24. The fourth-order valence-electron chi connectivity index (χ4n) is 3.46. The van der Waals surface area contributed by atoms with Crippen molar-refractivity contribution in [2.24, 2.45) is 0 Å². The third kappa shape index (κ3) is 5.48. The summed E-state index contributed by atoms with van der Waals surface area (Å²) < 4.78 is 29.5. The van der Waals surface area contributed by atoms with Crippen LogP contribution in [0.4, 0.5) is 14.9 Å². The first-order valence-electron chi connectivity index (χ1n) is 9.64. The van der Waals surface area contributed by atoms with E-state index < -0.39 is 17.9 Å². The Labute approximate surface area is 174 Å². The third-order valence-corrected chi connectivity index (χ3v) is 5.05. The van der Waals surface area contributed by atoms with Crippen molar-refractivity contribution in [1.29, 1.82) is 0 Å². The van der Waals surface area contributed by atoms with Crippen LogP contribution in [0.1, 0.15) is 22.3 Å². The summed E-state index contributed by atoms with van der Waals surface area (Å²) in [4.78, 5) is 25.9. The molecule has 160 valence electrons. The summed E-state index contributed by atoms with van der Waals surface area (Å²) >= 11 is 0. The Bertz CT molecular complexity index is 877. The van der Waals surface area contributed by atoms with E-state index in [-0.39, 0.29) is 24.3 Å². The molecule has 1 fully saturated rings. The molecule has 1 N–H and O–H groups in total. The largest absolute Gasteiger partial charge is 0.465 e. The van der Waals surface area contributed by atoms with Crippen molar-refractivity contribution in [3.05, 3.63) is 65.5 Å². The van der Waals surface area contributed by atoms with Gasteiger partial charge < -0.3 is 24.4 Å². The zero-order valence-corrected chi connectivity index (χ0v) is 17.0. The summed E-state index contributed by atoms with van der Waals surface area (Å²) in [7, 11) is 2.81. The van der Waals surface area contributed by atoms with E-state index in [1.54, 1.807) is 13.2 Å². The Morgan fingerprint density at radius 2 is 1.93 bits per heavy atom. The number of hydrogen-bond donors (Lipinski definition) is 1. The smallest absolute Gasteiger partial charge is 0.407 e. The molecule has 1 aliphatic rings. The summed E-state index contributed by atoms with van der Waals surface area (Å²) in [5, 5.41) is 2.85. The van der Waals surface area contributed by atoms with Crippen LogP contribution in [-0.4, -0.2) is 51.5 Å². The number of alkyl carbamates (subject to hydrolysis) is 1. The molecule has 0 saturated carbocycles. The highest BCUT2D eigenvalue weighted by Gasteiger charge is 2.31. The molecule has 0 spiro atoms. The van der Waals surface area contributed by atoms with Gasteiger partial charge in [-0.3, -0.25) is 0 Å². The molecule has 0 unspecified atom stereocenters. The van der Waals surface area contributed by atoms with Gasteiger partial charge in [-0.2, -0.15) is 0 Å². The lowest BCUT2D eigenvalue weighted by Gasteiger charge is -2.39. The van der Waals surface area contributed by atoms with Gasteiger partial charge in [0.15, 0.2) is 0 Å². The van der Waals surface area contributed by atoms with Crippen molar-refractivity contribution in [3.8, 4) is 0 Å². The van der Waals surface area contributed by atoms with Gasteiger partial charge in [0.1, 0.15) is 12.4 Å². The number of halogens is 1. The van der Waals surface area contributed by atoms with Gasteiger partial charge in [-0.1, -0.05) is 30.3 Å². The molecular weight excluding hydrogens is 391 g/mol. The predicted molar refractivity (Wildman–Crippen MR) is 109 cm³/mol. The molecule has 0 bridgehead atoms. The minimum absolute atomic E-state index is 0.145. The van der Waals surface area contributed by atoms with Crippen molar-refractivity contribution in [1.82, 2.24) is 5.32 Å². The number of nitrogens with zero attached hydrogens (tertiary/aromatic N) is 1. The second kappa shape index (κ2) is 10.1. The molecule has 0 radical (unpaired) electrons. The molecule has 2 aromatic rings. The average molecular weight is 416 g/mol. The van der Waals surface area contributed by atoms with Gasteiger partial charge in [0.05, 0.1) is 24.8 Å². The highest BCUT2D eigenvalue weighted by Crippen LogP contribution is 2.24. The van der Waals surface area contributed by atoms with E-state index >= 15 is 0 Å². The quantitative estimate of drug-likeness (QED) is 0.729. The lowest BCUT2D eigenvalue weighted by atomic mass is 10.0. The van der Waals surface area contributed by atoms with Crippen LogP contribution < -0.4 is 10.2 Å². The lowest BCUT2D eigenvalue weighted by Crippen LogP contribution is -2.55. The Morgan fingerprint density at radius 1 is 1.17 bits per heavy atom. The fourth-order valence-corrected chi connectivity index (χ4v) is 3.46. The molecule has 0 aliphatic carbocycles. The number of esters is 1. The topological polar surface area (TPSA) is 77.1 Å². The second-order valence-corrected chi connectivity index (χ2v) is 7.01. The number of piperidine rings is 1. The SMILES string of the molecule is COC(=O)c1cc(F)cc(N2CC[C@@H](NC(=O)OCc3ccccc3)[C@@H](OC)C2)c1. The van der Waals surface area contributed by atoms with Crippen molar-refractivity contribution in [2.75, 3.05) is 32.2 Å². The number of anilines is 1. The number of carbonyl (C=O) groups excluding carboxylic acids is 2. The first-order valence-corrected chi connectivity index (χ1v) is 9.64. The van der Waals surface area contributed by atoms with Crippen LogP contribution in [0.15, 0.2) is 48.5 Å². The zero-order chi connectivity index (χ0) is 21.5. The van der Waals surface area contributed by atoms with Gasteiger partial charge >= 0.3 is 12.1 Å². The van der Waals surface area contributed by atoms with Crippen molar-refractivity contribution < 1.29 is 28.2 Å². The highest BCUT2D eigenvalue weighted by atomic mass is 19.1. The highest BCUT2D eigenvalue weighted by molar-refractivity contribution is 5.90. The molecule has 7 nitrogen and oxygen atoms in total. The molecule has 2 atom stereocenters. The van der Waals surface area contributed by atoms with E-state index in [1.165, 1.54) is 13.2 Å². The molecule has 1 aliphatic heterocycles. The Balaban J connectivity index is 1.60. The maximum Gasteiger partial charge on any atom is 0.407 e.